The van der Waals surface area contributed by atoms with E-state index in [9.17, 15) is 4.79 Å². The highest BCUT2D eigenvalue weighted by atomic mass is 16.5. The highest BCUT2D eigenvalue weighted by Crippen LogP contribution is 2.32. The van der Waals surface area contributed by atoms with E-state index in [0.29, 0.717) is 12.3 Å². The maximum absolute atomic E-state index is 13.2. The predicted molar refractivity (Wildman–Crippen MR) is 136 cm³/mol. The van der Waals surface area contributed by atoms with E-state index in [1.54, 1.807) is 7.11 Å². The molecule has 2 aromatic heterocycles. The molecule has 1 unspecified atom stereocenters. The summed E-state index contributed by atoms with van der Waals surface area (Å²) in [6.45, 7) is 6.49. The molecule has 0 radical (unpaired) electrons. The fourth-order valence-electron chi connectivity index (χ4n) is 4.59. The van der Waals surface area contributed by atoms with Crippen molar-refractivity contribution in [3.8, 4) is 5.75 Å². The van der Waals surface area contributed by atoms with Gasteiger partial charge in [0.1, 0.15) is 11.3 Å². The first-order valence-electron chi connectivity index (χ1n) is 11.4. The highest BCUT2D eigenvalue weighted by Gasteiger charge is 2.22. The minimum Gasteiger partial charge on any atom is -0.497 e. The van der Waals surface area contributed by atoms with Crippen LogP contribution in [0.1, 0.15) is 44.3 Å². The van der Waals surface area contributed by atoms with Crippen molar-refractivity contribution in [1.82, 2.24) is 10.3 Å². The number of aryl methyl sites for hydroxylation is 3. The largest absolute Gasteiger partial charge is 0.497 e. The number of para-hydroxylation sites is 1. The zero-order valence-electron chi connectivity index (χ0n) is 19.9. The number of carbonyl (C=O) groups is 1. The van der Waals surface area contributed by atoms with Crippen molar-refractivity contribution < 1.29 is 13.9 Å². The lowest BCUT2D eigenvalue weighted by atomic mass is 9.90. The normalized spacial score (nSPS) is 12.2. The summed E-state index contributed by atoms with van der Waals surface area (Å²) < 4.78 is 11.3. The van der Waals surface area contributed by atoms with Gasteiger partial charge in [0.25, 0.3) is 5.91 Å². The molecule has 0 saturated carbocycles. The SMILES string of the molecule is COc1ccc(C(CNC(=O)c2oc3cc(C)c(C)cc3c2C)c2c[nH]c3ccccc23)cc1. The van der Waals surface area contributed by atoms with Crippen LogP contribution in [0.15, 0.2) is 71.3 Å². The molecule has 5 rings (SSSR count). The molecule has 172 valence electrons. The Kier molecular flexibility index (Phi) is 5.62. The van der Waals surface area contributed by atoms with Crippen molar-refractivity contribution in [3.05, 3.63) is 100 Å². The first-order valence-corrected chi connectivity index (χ1v) is 11.4. The van der Waals surface area contributed by atoms with Gasteiger partial charge in [-0.2, -0.15) is 0 Å². The number of nitrogens with one attached hydrogen (secondary N) is 2. The smallest absolute Gasteiger partial charge is 0.287 e. The fourth-order valence-corrected chi connectivity index (χ4v) is 4.59. The third-order valence-electron chi connectivity index (χ3n) is 6.74. The van der Waals surface area contributed by atoms with E-state index in [0.717, 1.165) is 49.9 Å². The Labute approximate surface area is 198 Å². The highest BCUT2D eigenvalue weighted by molar-refractivity contribution is 5.99. The van der Waals surface area contributed by atoms with Crippen LogP contribution in [0.3, 0.4) is 0 Å². The van der Waals surface area contributed by atoms with E-state index in [1.807, 2.05) is 50.4 Å². The Morgan fingerprint density at radius 3 is 2.50 bits per heavy atom. The molecular formula is C29H28N2O3. The maximum atomic E-state index is 13.2. The second kappa shape index (κ2) is 8.75. The van der Waals surface area contributed by atoms with Gasteiger partial charge in [0.05, 0.1) is 7.11 Å². The van der Waals surface area contributed by atoms with E-state index < -0.39 is 0 Å². The molecule has 0 fully saturated rings. The number of rotatable bonds is 6. The lowest BCUT2D eigenvalue weighted by molar-refractivity contribution is 0.0926. The minimum absolute atomic E-state index is 0.0415. The second-order valence-electron chi connectivity index (χ2n) is 8.81. The Bertz CT molecular complexity index is 1490. The van der Waals surface area contributed by atoms with E-state index in [2.05, 4.69) is 47.6 Å². The summed E-state index contributed by atoms with van der Waals surface area (Å²) in [7, 11) is 1.66. The van der Waals surface area contributed by atoms with Crippen LogP contribution in [-0.2, 0) is 0 Å². The van der Waals surface area contributed by atoms with Gasteiger partial charge in [0.2, 0.25) is 0 Å². The Hall–Kier alpha value is -3.99. The Morgan fingerprint density at radius 1 is 1.00 bits per heavy atom. The number of hydrogen-bond acceptors (Lipinski definition) is 3. The number of H-pyrrole nitrogens is 1. The molecule has 0 aliphatic carbocycles. The number of carbonyl (C=O) groups excluding carboxylic acids is 1. The van der Waals surface area contributed by atoms with Gasteiger partial charge in [-0.05, 0) is 73.4 Å². The zero-order valence-corrected chi connectivity index (χ0v) is 19.9. The molecule has 1 amide bonds. The summed E-state index contributed by atoms with van der Waals surface area (Å²) in [5.74, 6) is 0.920. The van der Waals surface area contributed by atoms with Crippen molar-refractivity contribution in [2.24, 2.45) is 0 Å². The molecule has 0 bridgehead atoms. The molecule has 0 aliphatic rings. The average molecular weight is 453 g/mol. The average Bonchev–Trinajstić information content (AvgIpc) is 3.41. The summed E-state index contributed by atoms with van der Waals surface area (Å²) in [6, 6.07) is 20.3. The molecule has 2 N–H and O–H groups in total. The third-order valence-corrected chi connectivity index (χ3v) is 6.74. The maximum Gasteiger partial charge on any atom is 0.287 e. The number of furan rings is 1. The van der Waals surface area contributed by atoms with Crippen molar-refractivity contribution in [2.45, 2.75) is 26.7 Å². The molecule has 0 saturated heterocycles. The van der Waals surface area contributed by atoms with Gasteiger partial charge in [0, 0.05) is 40.5 Å². The van der Waals surface area contributed by atoms with Gasteiger partial charge < -0.3 is 19.5 Å². The van der Waals surface area contributed by atoms with Crippen molar-refractivity contribution in [2.75, 3.05) is 13.7 Å². The van der Waals surface area contributed by atoms with Crippen LogP contribution in [0.2, 0.25) is 0 Å². The number of methoxy groups -OCH3 is 1. The van der Waals surface area contributed by atoms with Gasteiger partial charge >= 0.3 is 0 Å². The first-order chi connectivity index (χ1) is 16.5. The number of fused-ring (bicyclic) bond motifs is 2. The van der Waals surface area contributed by atoms with E-state index in [1.165, 1.54) is 5.56 Å². The van der Waals surface area contributed by atoms with Crippen LogP contribution >= 0.6 is 0 Å². The lowest BCUT2D eigenvalue weighted by Gasteiger charge is -2.18. The molecule has 1 atom stereocenters. The van der Waals surface area contributed by atoms with Crippen LogP contribution < -0.4 is 10.1 Å². The van der Waals surface area contributed by atoms with Gasteiger partial charge in [0.15, 0.2) is 5.76 Å². The van der Waals surface area contributed by atoms with E-state index in [-0.39, 0.29) is 11.8 Å². The van der Waals surface area contributed by atoms with Crippen LogP contribution in [0.5, 0.6) is 5.75 Å². The molecule has 0 spiro atoms. The standard InChI is InChI=1S/C29H28N2O3/c1-17-13-23-19(3)28(34-27(23)14-18(17)2)29(32)31-15-24(20-9-11-21(33-4)12-10-20)25-16-30-26-8-6-5-7-22(25)26/h5-14,16,24,30H,15H2,1-4H3,(H,31,32). The number of amides is 1. The number of aromatic amines is 1. The zero-order chi connectivity index (χ0) is 23.8. The summed E-state index contributed by atoms with van der Waals surface area (Å²) in [4.78, 5) is 16.6. The van der Waals surface area contributed by atoms with Crippen molar-refractivity contribution >= 4 is 27.8 Å². The number of benzene rings is 3. The molecule has 0 aliphatic heterocycles. The predicted octanol–water partition coefficient (Wildman–Crippen LogP) is 6.41. The molecular weight excluding hydrogens is 424 g/mol. The lowest BCUT2D eigenvalue weighted by Crippen LogP contribution is -2.29. The second-order valence-corrected chi connectivity index (χ2v) is 8.81. The van der Waals surface area contributed by atoms with Crippen LogP contribution in [0.4, 0.5) is 0 Å². The van der Waals surface area contributed by atoms with E-state index in [4.69, 9.17) is 9.15 Å². The van der Waals surface area contributed by atoms with Gasteiger partial charge in [-0.25, -0.2) is 0 Å². The van der Waals surface area contributed by atoms with Crippen LogP contribution in [0, 0.1) is 20.8 Å². The molecule has 3 aromatic carbocycles. The number of ether oxygens (including phenoxy) is 1. The van der Waals surface area contributed by atoms with E-state index >= 15 is 0 Å². The van der Waals surface area contributed by atoms with Gasteiger partial charge in [-0.3, -0.25) is 4.79 Å². The Morgan fingerprint density at radius 2 is 1.74 bits per heavy atom. The number of hydrogen-bond donors (Lipinski definition) is 2. The van der Waals surface area contributed by atoms with Gasteiger partial charge in [-0.1, -0.05) is 30.3 Å². The summed E-state index contributed by atoms with van der Waals surface area (Å²) >= 11 is 0. The van der Waals surface area contributed by atoms with Crippen molar-refractivity contribution in [3.63, 3.8) is 0 Å². The number of aromatic nitrogens is 1. The van der Waals surface area contributed by atoms with Crippen molar-refractivity contribution in [1.29, 1.82) is 0 Å². The summed E-state index contributed by atoms with van der Waals surface area (Å²) in [5.41, 5.74) is 7.24. The fraction of sp³-hybridized carbons (Fsp3) is 0.207. The van der Waals surface area contributed by atoms with Crippen LogP contribution in [0.25, 0.3) is 21.9 Å². The monoisotopic (exact) mass is 452 g/mol. The summed E-state index contributed by atoms with van der Waals surface area (Å²) in [5, 5.41) is 5.26. The third kappa shape index (κ3) is 3.83. The summed E-state index contributed by atoms with van der Waals surface area (Å²) in [6.07, 6.45) is 2.03. The molecule has 5 nitrogen and oxygen atoms in total. The topological polar surface area (TPSA) is 67.3 Å². The molecule has 34 heavy (non-hydrogen) atoms. The van der Waals surface area contributed by atoms with Crippen LogP contribution in [-0.4, -0.2) is 24.5 Å². The molecule has 5 heteroatoms. The molecule has 5 aromatic rings. The van der Waals surface area contributed by atoms with Gasteiger partial charge in [-0.15, -0.1) is 0 Å². The molecule has 2 heterocycles. The first kappa shape index (κ1) is 21.8. The Balaban J connectivity index is 1.47. The minimum atomic E-state index is -0.206. The quantitative estimate of drug-likeness (QED) is 0.313.